The Morgan fingerprint density at radius 1 is 1.10 bits per heavy atom. The molecule has 2 atom stereocenters. The molecule has 6 rings (SSSR count). The quantitative estimate of drug-likeness (QED) is 0.345. The van der Waals surface area contributed by atoms with E-state index in [9.17, 15) is 28.0 Å². The SMILES string of the molecule is CC(C)(C)OC(=O)N1CCC(C(C#N)C(=O)Nc2cn(C3CCCCO3)nc2-c2cc3c(cn2)c(N2CCC2)nn3CC(F)(F)F)CC1. The van der Waals surface area contributed by atoms with Gasteiger partial charge in [-0.2, -0.15) is 28.6 Å². The Morgan fingerprint density at radius 3 is 2.46 bits per heavy atom. The van der Waals surface area contributed by atoms with Crippen molar-refractivity contribution in [1.82, 2.24) is 29.4 Å². The van der Waals surface area contributed by atoms with E-state index in [1.165, 1.54) is 12.3 Å². The fourth-order valence-corrected chi connectivity index (χ4v) is 6.32. The van der Waals surface area contributed by atoms with Crippen LogP contribution in [0.15, 0.2) is 18.5 Å². The minimum atomic E-state index is -4.50. The van der Waals surface area contributed by atoms with E-state index in [2.05, 4.69) is 21.5 Å². The van der Waals surface area contributed by atoms with E-state index in [0.717, 1.165) is 23.9 Å². The number of carbonyl (C=O) groups excluding carboxylic acids is 2. The fourth-order valence-electron chi connectivity index (χ4n) is 6.32. The maximum absolute atomic E-state index is 13.7. The Bertz CT molecular complexity index is 1690. The number of nitriles is 1. The normalized spacial score (nSPS) is 19.9. The molecule has 0 radical (unpaired) electrons. The Kier molecular flexibility index (Phi) is 9.25. The van der Waals surface area contributed by atoms with Crippen molar-refractivity contribution in [3.63, 3.8) is 0 Å². The fraction of sp³-hybridized carbons (Fsp3) is 0.625. The number of pyridine rings is 1. The van der Waals surface area contributed by atoms with Crippen LogP contribution in [-0.2, 0) is 20.8 Å². The second kappa shape index (κ2) is 13.3. The molecule has 48 heavy (non-hydrogen) atoms. The highest BCUT2D eigenvalue weighted by Crippen LogP contribution is 2.36. The number of amides is 2. The van der Waals surface area contributed by atoms with E-state index in [-0.39, 0.29) is 28.5 Å². The molecule has 0 aromatic carbocycles. The van der Waals surface area contributed by atoms with Gasteiger partial charge in [-0.3, -0.25) is 14.5 Å². The first-order valence-electron chi connectivity index (χ1n) is 16.4. The summed E-state index contributed by atoms with van der Waals surface area (Å²) >= 11 is 0. The van der Waals surface area contributed by atoms with Crippen molar-refractivity contribution in [2.45, 2.75) is 83.8 Å². The van der Waals surface area contributed by atoms with Crippen LogP contribution in [0, 0.1) is 23.2 Å². The molecule has 3 aliphatic heterocycles. The van der Waals surface area contributed by atoms with Gasteiger partial charge < -0.3 is 24.6 Å². The summed E-state index contributed by atoms with van der Waals surface area (Å²) in [6.07, 6.45) is 2.11. The number of aromatic nitrogens is 5. The Morgan fingerprint density at radius 2 is 1.85 bits per heavy atom. The zero-order valence-corrected chi connectivity index (χ0v) is 27.3. The summed E-state index contributed by atoms with van der Waals surface area (Å²) < 4.78 is 54.7. The third kappa shape index (κ3) is 7.35. The van der Waals surface area contributed by atoms with Crippen LogP contribution in [0.4, 0.5) is 29.5 Å². The number of hydrogen-bond acceptors (Lipinski definition) is 9. The summed E-state index contributed by atoms with van der Waals surface area (Å²) in [5, 5.41) is 22.5. The number of piperidine rings is 1. The smallest absolute Gasteiger partial charge is 0.410 e. The number of likely N-dealkylation sites (tertiary alicyclic amines) is 1. The van der Waals surface area contributed by atoms with E-state index in [1.807, 2.05) is 4.90 Å². The molecule has 0 bridgehead atoms. The van der Waals surface area contributed by atoms with Gasteiger partial charge in [-0.25, -0.2) is 9.48 Å². The second-order valence-corrected chi connectivity index (χ2v) is 13.6. The van der Waals surface area contributed by atoms with Crippen molar-refractivity contribution >= 4 is 34.4 Å². The van der Waals surface area contributed by atoms with Crippen LogP contribution in [0.3, 0.4) is 0 Å². The highest BCUT2D eigenvalue weighted by atomic mass is 19.4. The number of hydrogen-bond donors (Lipinski definition) is 1. The number of halogens is 3. The van der Waals surface area contributed by atoms with E-state index >= 15 is 0 Å². The molecular weight excluding hydrogens is 631 g/mol. The highest BCUT2D eigenvalue weighted by Gasteiger charge is 2.36. The van der Waals surface area contributed by atoms with Gasteiger partial charge in [-0.05, 0) is 71.3 Å². The van der Waals surface area contributed by atoms with Crippen molar-refractivity contribution in [2.75, 3.05) is 43.0 Å². The minimum absolute atomic E-state index is 0.237. The number of rotatable bonds is 7. The number of carbonyl (C=O) groups is 2. The molecule has 1 N–H and O–H groups in total. The molecule has 258 valence electrons. The Balaban J connectivity index is 1.28. The van der Waals surface area contributed by atoms with E-state index in [4.69, 9.17) is 14.6 Å². The summed E-state index contributed by atoms with van der Waals surface area (Å²) in [6, 6.07) is 3.65. The molecule has 16 heteroatoms. The third-order valence-electron chi connectivity index (χ3n) is 8.87. The van der Waals surface area contributed by atoms with Gasteiger partial charge in [-0.15, -0.1) is 0 Å². The lowest BCUT2D eigenvalue weighted by atomic mass is 9.84. The monoisotopic (exact) mass is 671 g/mol. The lowest BCUT2D eigenvalue weighted by Crippen LogP contribution is -2.44. The van der Waals surface area contributed by atoms with Crippen molar-refractivity contribution in [3.8, 4) is 17.5 Å². The molecule has 6 heterocycles. The highest BCUT2D eigenvalue weighted by molar-refractivity contribution is 5.98. The van der Waals surface area contributed by atoms with Gasteiger partial charge in [0.15, 0.2) is 5.82 Å². The number of ether oxygens (including phenoxy) is 2. The van der Waals surface area contributed by atoms with Gasteiger partial charge in [0.05, 0.1) is 34.6 Å². The number of nitrogens with zero attached hydrogens (tertiary/aromatic N) is 8. The van der Waals surface area contributed by atoms with E-state index < -0.39 is 42.5 Å². The van der Waals surface area contributed by atoms with E-state index in [0.29, 0.717) is 63.3 Å². The van der Waals surface area contributed by atoms with Crippen LogP contribution in [0.2, 0.25) is 0 Å². The van der Waals surface area contributed by atoms with Crippen molar-refractivity contribution in [2.24, 2.45) is 11.8 Å². The average molecular weight is 672 g/mol. The zero-order valence-electron chi connectivity index (χ0n) is 27.3. The molecule has 2 amide bonds. The lowest BCUT2D eigenvalue weighted by molar-refractivity contribution is -0.141. The van der Waals surface area contributed by atoms with Crippen LogP contribution in [0.25, 0.3) is 22.3 Å². The van der Waals surface area contributed by atoms with Gasteiger partial charge in [-0.1, -0.05) is 0 Å². The van der Waals surface area contributed by atoms with Gasteiger partial charge in [0.25, 0.3) is 0 Å². The summed E-state index contributed by atoms with van der Waals surface area (Å²) in [7, 11) is 0. The molecule has 3 aromatic heterocycles. The van der Waals surface area contributed by atoms with Gasteiger partial charge in [0, 0.05) is 39.0 Å². The Labute approximate surface area is 275 Å². The van der Waals surface area contributed by atoms with Crippen LogP contribution in [-0.4, -0.2) is 86.0 Å². The van der Waals surface area contributed by atoms with Crippen LogP contribution < -0.4 is 10.2 Å². The number of anilines is 2. The topological polar surface area (TPSA) is 143 Å². The molecular formula is C32H40F3N9O4. The molecule has 0 spiro atoms. The summed E-state index contributed by atoms with van der Waals surface area (Å²) in [5.74, 6) is -1.42. The van der Waals surface area contributed by atoms with Gasteiger partial charge >= 0.3 is 12.3 Å². The third-order valence-corrected chi connectivity index (χ3v) is 8.87. The maximum atomic E-state index is 13.7. The average Bonchev–Trinajstić information content (AvgIpc) is 3.57. The number of alkyl halides is 3. The summed E-state index contributed by atoms with van der Waals surface area (Å²) in [4.78, 5) is 34.3. The largest absolute Gasteiger partial charge is 0.444 e. The first-order chi connectivity index (χ1) is 22.8. The van der Waals surface area contributed by atoms with Crippen molar-refractivity contribution < 1.29 is 32.2 Å². The first-order valence-corrected chi connectivity index (χ1v) is 16.4. The molecule has 0 saturated carbocycles. The Hall–Kier alpha value is -4.39. The molecule has 0 aliphatic carbocycles. The maximum Gasteiger partial charge on any atom is 0.410 e. The van der Waals surface area contributed by atoms with Crippen molar-refractivity contribution in [3.05, 3.63) is 18.5 Å². The molecule has 13 nitrogen and oxygen atoms in total. The van der Waals surface area contributed by atoms with Gasteiger partial charge in [0.2, 0.25) is 5.91 Å². The lowest BCUT2D eigenvalue weighted by Gasteiger charge is -2.34. The number of fused-ring (bicyclic) bond motifs is 1. The molecule has 3 fully saturated rings. The molecule has 3 aliphatic rings. The summed E-state index contributed by atoms with van der Waals surface area (Å²) in [5.41, 5.74) is 0.345. The number of nitrogens with one attached hydrogen (secondary N) is 1. The van der Waals surface area contributed by atoms with Crippen LogP contribution >= 0.6 is 0 Å². The standard InChI is InChI=1S/C32H40F3N9O4/c1-31(2,3)48-30(46)42-12-8-20(9-13-42)21(16-36)29(45)38-24-18-43(26-7-4-5-14-47-26)39-27(24)23-15-25-22(17-37-23)28(41-10-6-11-41)40-44(25)19-32(33,34)35/h15,17-18,20-21,26H,4-14,19H2,1-3H3,(H,38,45). The first kappa shape index (κ1) is 33.5. The minimum Gasteiger partial charge on any atom is -0.444 e. The van der Waals surface area contributed by atoms with Crippen LogP contribution in [0.1, 0.15) is 65.5 Å². The van der Waals surface area contributed by atoms with Gasteiger partial charge in [0.1, 0.15) is 30.0 Å². The second-order valence-electron chi connectivity index (χ2n) is 13.6. The van der Waals surface area contributed by atoms with Crippen LogP contribution in [0.5, 0.6) is 0 Å². The van der Waals surface area contributed by atoms with Crippen molar-refractivity contribution in [1.29, 1.82) is 5.26 Å². The molecule has 2 unspecified atom stereocenters. The zero-order chi connectivity index (χ0) is 34.2. The predicted molar refractivity (Wildman–Crippen MR) is 169 cm³/mol. The molecule has 3 saturated heterocycles. The summed E-state index contributed by atoms with van der Waals surface area (Å²) in [6.45, 7) is 6.74. The molecule has 3 aromatic rings. The van der Waals surface area contributed by atoms with E-state index in [1.54, 1.807) is 36.5 Å². The predicted octanol–water partition coefficient (Wildman–Crippen LogP) is 5.49.